The Kier molecular flexibility index (Phi) is 4.27. The number of piperazine rings is 1. The fraction of sp³-hybridized carbons (Fsp3) is 0.500. The normalized spacial score (nSPS) is 15.2. The lowest BCUT2D eigenvalue weighted by molar-refractivity contribution is -0.138. The Labute approximate surface area is 110 Å². The van der Waals surface area contributed by atoms with E-state index in [0.717, 1.165) is 0 Å². The summed E-state index contributed by atoms with van der Waals surface area (Å²) >= 11 is 0. The lowest BCUT2D eigenvalue weighted by atomic mass is 10.2. The van der Waals surface area contributed by atoms with Crippen molar-refractivity contribution in [3.8, 4) is 0 Å². The van der Waals surface area contributed by atoms with Crippen LogP contribution in [0.25, 0.3) is 0 Å². The molecule has 1 aliphatic rings. The average Bonchev–Trinajstić information content (AvgIpc) is 2.92. The second-order valence-electron chi connectivity index (χ2n) is 4.38. The van der Waals surface area contributed by atoms with Gasteiger partial charge in [0.2, 0.25) is 17.7 Å². The van der Waals surface area contributed by atoms with Gasteiger partial charge in [0.25, 0.3) is 0 Å². The molecule has 0 atom stereocenters. The Hall–Kier alpha value is -2.18. The van der Waals surface area contributed by atoms with Crippen molar-refractivity contribution in [1.29, 1.82) is 0 Å². The molecule has 7 nitrogen and oxygen atoms in total. The molecule has 0 aromatic carbocycles. The van der Waals surface area contributed by atoms with Gasteiger partial charge in [0.15, 0.2) is 0 Å². The summed E-state index contributed by atoms with van der Waals surface area (Å²) in [5.74, 6) is -0.288. The minimum atomic E-state index is -0.130. The standard InChI is InChI=1S/C12H16N4O3/c17-10-8-15(7-5-14-10)11(18)2-1-3-12(19)16-6-4-13-9-16/h4,6,9H,1-3,5,7-8H2,(H,14,17). The molecule has 1 N–H and O–H groups in total. The molecule has 7 heteroatoms. The maximum absolute atomic E-state index is 11.8. The van der Waals surface area contributed by atoms with Crippen molar-refractivity contribution in [3.05, 3.63) is 18.7 Å². The minimum absolute atomic E-state index is 0.0757. The van der Waals surface area contributed by atoms with Gasteiger partial charge in [-0.05, 0) is 6.42 Å². The summed E-state index contributed by atoms with van der Waals surface area (Å²) in [4.78, 5) is 39.9. The van der Waals surface area contributed by atoms with Gasteiger partial charge in [0, 0.05) is 38.3 Å². The third-order valence-electron chi connectivity index (χ3n) is 2.96. The molecule has 0 bridgehead atoms. The number of rotatable bonds is 4. The van der Waals surface area contributed by atoms with Crippen LogP contribution < -0.4 is 5.32 Å². The number of carbonyl (C=O) groups is 3. The summed E-state index contributed by atoms with van der Waals surface area (Å²) in [7, 11) is 0. The Morgan fingerprint density at radius 3 is 2.79 bits per heavy atom. The number of nitrogens with zero attached hydrogens (tertiary/aromatic N) is 3. The number of hydrogen-bond acceptors (Lipinski definition) is 4. The predicted octanol–water partition coefficient (Wildman–Crippen LogP) is -0.348. The predicted molar refractivity (Wildman–Crippen MR) is 66.3 cm³/mol. The Bertz CT molecular complexity index is 469. The van der Waals surface area contributed by atoms with Gasteiger partial charge in [0.05, 0.1) is 6.54 Å². The van der Waals surface area contributed by atoms with E-state index < -0.39 is 0 Å². The number of nitrogens with one attached hydrogen (secondary N) is 1. The van der Waals surface area contributed by atoms with E-state index in [1.165, 1.54) is 22.0 Å². The molecule has 1 aliphatic heterocycles. The Morgan fingerprint density at radius 1 is 1.32 bits per heavy atom. The second kappa shape index (κ2) is 6.12. The van der Waals surface area contributed by atoms with Crippen molar-refractivity contribution in [2.24, 2.45) is 0 Å². The molecule has 0 aliphatic carbocycles. The number of hydrogen-bond donors (Lipinski definition) is 1. The Morgan fingerprint density at radius 2 is 2.11 bits per heavy atom. The van der Waals surface area contributed by atoms with E-state index in [9.17, 15) is 14.4 Å². The largest absolute Gasteiger partial charge is 0.353 e. The molecule has 0 radical (unpaired) electrons. The number of aromatic nitrogens is 2. The molecule has 2 heterocycles. The molecule has 1 aromatic rings. The summed E-state index contributed by atoms with van der Waals surface area (Å²) in [6.07, 6.45) is 5.62. The van der Waals surface area contributed by atoms with E-state index in [1.54, 1.807) is 6.20 Å². The van der Waals surface area contributed by atoms with Crippen molar-refractivity contribution in [2.45, 2.75) is 19.3 Å². The smallest absolute Gasteiger partial charge is 0.239 e. The van der Waals surface area contributed by atoms with Gasteiger partial charge in [0.1, 0.15) is 6.33 Å². The molecule has 1 aromatic heterocycles. The zero-order chi connectivity index (χ0) is 13.7. The first-order valence-corrected chi connectivity index (χ1v) is 6.22. The molecule has 0 unspecified atom stereocenters. The molecule has 2 amide bonds. The van der Waals surface area contributed by atoms with Crippen LogP contribution in [0.3, 0.4) is 0 Å². The lowest BCUT2D eigenvalue weighted by Crippen LogP contribution is -2.49. The van der Waals surface area contributed by atoms with Gasteiger partial charge in [-0.3, -0.25) is 19.0 Å². The van der Waals surface area contributed by atoms with Crippen LogP contribution >= 0.6 is 0 Å². The number of carbonyl (C=O) groups excluding carboxylic acids is 3. The molecule has 19 heavy (non-hydrogen) atoms. The van der Waals surface area contributed by atoms with Gasteiger partial charge >= 0.3 is 0 Å². The third-order valence-corrected chi connectivity index (χ3v) is 2.96. The van der Waals surface area contributed by atoms with E-state index in [2.05, 4.69) is 10.3 Å². The van der Waals surface area contributed by atoms with Gasteiger partial charge in [-0.15, -0.1) is 0 Å². The highest BCUT2D eigenvalue weighted by Crippen LogP contribution is 2.04. The summed E-state index contributed by atoms with van der Waals surface area (Å²) < 4.78 is 1.40. The summed E-state index contributed by atoms with van der Waals surface area (Å²) in [6.45, 7) is 1.16. The van der Waals surface area contributed by atoms with Crippen LogP contribution in [-0.4, -0.2) is 51.8 Å². The van der Waals surface area contributed by atoms with E-state index in [0.29, 0.717) is 25.9 Å². The first-order chi connectivity index (χ1) is 9.16. The van der Waals surface area contributed by atoms with Crippen LogP contribution in [0.2, 0.25) is 0 Å². The molecule has 0 saturated carbocycles. The third kappa shape index (κ3) is 3.64. The van der Waals surface area contributed by atoms with Crippen molar-refractivity contribution >= 4 is 17.7 Å². The van der Waals surface area contributed by atoms with Gasteiger partial charge in [-0.1, -0.05) is 0 Å². The highest BCUT2D eigenvalue weighted by Gasteiger charge is 2.20. The summed E-state index contributed by atoms with van der Waals surface area (Å²) in [5, 5.41) is 2.66. The fourth-order valence-corrected chi connectivity index (χ4v) is 1.94. The summed E-state index contributed by atoms with van der Waals surface area (Å²) in [5.41, 5.74) is 0. The van der Waals surface area contributed by atoms with Crippen molar-refractivity contribution in [2.75, 3.05) is 19.6 Å². The first kappa shape index (κ1) is 13.3. The molecule has 1 saturated heterocycles. The highest BCUT2D eigenvalue weighted by atomic mass is 16.2. The molecular weight excluding hydrogens is 248 g/mol. The molecule has 102 valence electrons. The van der Waals surface area contributed by atoms with Crippen LogP contribution in [-0.2, 0) is 9.59 Å². The van der Waals surface area contributed by atoms with Crippen molar-refractivity contribution in [1.82, 2.24) is 19.8 Å². The van der Waals surface area contributed by atoms with Crippen molar-refractivity contribution < 1.29 is 14.4 Å². The number of imidazole rings is 1. The van der Waals surface area contributed by atoms with Crippen LogP contribution in [0.1, 0.15) is 24.1 Å². The molecule has 2 rings (SSSR count). The summed E-state index contributed by atoms with van der Waals surface area (Å²) in [6, 6.07) is 0. The van der Waals surface area contributed by atoms with Crippen LogP contribution in [0.5, 0.6) is 0 Å². The second-order valence-corrected chi connectivity index (χ2v) is 4.38. The van der Waals surface area contributed by atoms with Gasteiger partial charge < -0.3 is 10.2 Å². The minimum Gasteiger partial charge on any atom is -0.353 e. The van der Waals surface area contributed by atoms with Crippen LogP contribution in [0.15, 0.2) is 18.7 Å². The van der Waals surface area contributed by atoms with E-state index in [1.807, 2.05) is 0 Å². The van der Waals surface area contributed by atoms with Crippen LogP contribution in [0, 0.1) is 0 Å². The van der Waals surface area contributed by atoms with Crippen LogP contribution in [0.4, 0.5) is 0 Å². The van der Waals surface area contributed by atoms with E-state index >= 15 is 0 Å². The zero-order valence-corrected chi connectivity index (χ0v) is 10.5. The Balaban J connectivity index is 1.72. The maximum Gasteiger partial charge on any atom is 0.239 e. The molecular formula is C12H16N4O3. The maximum atomic E-state index is 11.8. The average molecular weight is 264 g/mol. The first-order valence-electron chi connectivity index (χ1n) is 6.22. The highest BCUT2D eigenvalue weighted by molar-refractivity contribution is 5.86. The van der Waals surface area contributed by atoms with Gasteiger partial charge in [-0.25, -0.2) is 4.98 Å². The van der Waals surface area contributed by atoms with E-state index in [-0.39, 0.29) is 30.7 Å². The van der Waals surface area contributed by atoms with Gasteiger partial charge in [-0.2, -0.15) is 0 Å². The van der Waals surface area contributed by atoms with E-state index in [4.69, 9.17) is 0 Å². The number of amides is 2. The monoisotopic (exact) mass is 264 g/mol. The molecule has 1 fully saturated rings. The topological polar surface area (TPSA) is 84.3 Å². The lowest BCUT2D eigenvalue weighted by Gasteiger charge is -2.26. The SMILES string of the molecule is O=C1CN(C(=O)CCCC(=O)n2ccnc2)CCN1. The quantitative estimate of drug-likeness (QED) is 0.805. The molecule has 0 spiro atoms. The zero-order valence-electron chi connectivity index (χ0n) is 10.5. The fourth-order valence-electron chi connectivity index (χ4n) is 1.94. The van der Waals surface area contributed by atoms with Crippen molar-refractivity contribution in [3.63, 3.8) is 0 Å².